The van der Waals surface area contributed by atoms with Gasteiger partial charge in [0.25, 0.3) is 5.17 Å². The summed E-state index contributed by atoms with van der Waals surface area (Å²) in [6.45, 7) is 5.77. The van der Waals surface area contributed by atoms with Gasteiger partial charge < -0.3 is 10.1 Å². The van der Waals surface area contributed by atoms with Crippen LogP contribution in [-0.4, -0.2) is 18.3 Å². The quantitative estimate of drug-likeness (QED) is 0.508. The van der Waals surface area contributed by atoms with Gasteiger partial charge in [-0.1, -0.05) is 32.6 Å². The van der Waals surface area contributed by atoms with Crippen molar-refractivity contribution < 1.29 is 4.74 Å². The first-order chi connectivity index (χ1) is 6.31. The minimum absolute atomic E-state index is 0.540. The fraction of sp³-hybridized carbons (Fsp3) is 0.900. The van der Waals surface area contributed by atoms with Crippen molar-refractivity contribution in [1.82, 2.24) is 5.32 Å². The number of ether oxygens (including phenoxy) is 1. The second-order valence-corrected chi connectivity index (χ2v) is 3.43. The highest BCUT2D eigenvalue weighted by Crippen LogP contribution is 2.00. The van der Waals surface area contributed by atoms with E-state index in [4.69, 9.17) is 17.0 Å². The monoisotopic (exact) mass is 203 g/mol. The minimum Gasteiger partial charge on any atom is -0.471 e. The van der Waals surface area contributed by atoms with Crippen molar-refractivity contribution in [3.05, 3.63) is 0 Å². The van der Waals surface area contributed by atoms with Crippen molar-refractivity contribution in [2.24, 2.45) is 0 Å². The Morgan fingerprint density at radius 2 is 1.85 bits per heavy atom. The van der Waals surface area contributed by atoms with Crippen molar-refractivity contribution in [2.45, 2.75) is 46.0 Å². The SMILES string of the molecule is CCCCCCCNC(=S)OCC. The lowest BCUT2D eigenvalue weighted by Gasteiger charge is -2.07. The van der Waals surface area contributed by atoms with Crippen molar-refractivity contribution >= 4 is 17.4 Å². The largest absolute Gasteiger partial charge is 0.471 e. The third-order valence-electron chi connectivity index (χ3n) is 1.83. The zero-order chi connectivity index (χ0) is 9.94. The van der Waals surface area contributed by atoms with E-state index in [1.54, 1.807) is 0 Å². The second kappa shape index (κ2) is 9.78. The number of thiocarbonyl (C=S) groups is 1. The van der Waals surface area contributed by atoms with Crippen molar-refractivity contribution in [1.29, 1.82) is 0 Å². The highest BCUT2D eigenvalue weighted by Gasteiger charge is 1.93. The molecule has 0 aromatic rings. The first-order valence-corrected chi connectivity index (χ1v) is 5.62. The Morgan fingerprint density at radius 3 is 2.46 bits per heavy atom. The van der Waals surface area contributed by atoms with Crippen LogP contribution in [0.25, 0.3) is 0 Å². The van der Waals surface area contributed by atoms with Crippen LogP contribution in [0.5, 0.6) is 0 Å². The smallest absolute Gasteiger partial charge is 0.256 e. The summed E-state index contributed by atoms with van der Waals surface area (Å²) in [5.41, 5.74) is 0. The van der Waals surface area contributed by atoms with E-state index in [0.717, 1.165) is 6.54 Å². The van der Waals surface area contributed by atoms with E-state index >= 15 is 0 Å². The van der Waals surface area contributed by atoms with Crippen LogP contribution in [0.4, 0.5) is 0 Å². The lowest BCUT2D eigenvalue weighted by molar-refractivity contribution is 0.320. The lowest BCUT2D eigenvalue weighted by Crippen LogP contribution is -2.24. The van der Waals surface area contributed by atoms with Crippen LogP contribution in [0.2, 0.25) is 0 Å². The molecule has 0 saturated heterocycles. The number of hydrogen-bond acceptors (Lipinski definition) is 2. The summed E-state index contributed by atoms with van der Waals surface area (Å²) in [6.07, 6.45) is 6.45. The molecular weight excluding hydrogens is 182 g/mol. The molecule has 0 radical (unpaired) electrons. The second-order valence-electron chi connectivity index (χ2n) is 3.06. The van der Waals surface area contributed by atoms with E-state index in [1.807, 2.05) is 6.92 Å². The number of nitrogens with one attached hydrogen (secondary N) is 1. The van der Waals surface area contributed by atoms with E-state index in [2.05, 4.69) is 12.2 Å². The Hall–Kier alpha value is -0.310. The predicted molar refractivity (Wildman–Crippen MR) is 61.0 cm³/mol. The van der Waals surface area contributed by atoms with Crippen LogP contribution in [0.3, 0.4) is 0 Å². The fourth-order valence-electron chi connectivity index (χ4n) is 1.10. The van der Waals surface area contributed by atoms with Crippen LogP contribution < -0.4 is 5.32 Å². The van der Waals surface area contributed by atoms with Crippen LogP contribution in [0.15, 0.2) is 0 Å². The fourth-order valence-corrected chi connectivity index (χ4v) is 1.32. The van der Waals surface area contributed by atoms with Gasteiger partial charge in [-0.05, 0) is 25.6 Å². The molecule has 3 heteroatoms. The Kier molecular flexibility index (Phi) is 9.54. The maximum Gasteiger partial charge on any atom is 0.256 e. The summed E-state index contributed by atoms with van der Waals surface area (Å²) >= 11 is 4.92. The molecule has 0 fully saturated rings. The van der Waals surface area contributed by atoms with Gasteiger partial charge in [0.1, 0.15) is 0 Å². The molecule has 0 saturated carbocycles. The highest BCUT2D eigenvalue weighted by atomic mass is 32.1. The van der Waals surface area contributed by atoms with Crippen molar-refractivity contribution in [3.63, 3.8) is 0 Å². The molecule has 0 amide bonds. The average Bonchev–Trinajstić information content (AvgIpc) is 2.11. The summed E-state index contributed by atoms with van der Waals surface area (Å²) in [6, 6.07) is 0. The molecule has 0 aliphatic rings. The third kappa shape index (κ3) is 9.61. The molecule has 0 spiro atoms. The van der Waals surface area contributed by atoms with Crippen molar-refractivity contribution in [2.75, 3.05) is 13.2 Å². The van der Waals surface area contributed by atoms with E-state index in [-0.39, 0.29) is 0 Å². The summed E-state index contributed by atoms with van der Waals surface area (Å²) in [4.78, 5) is 0. The summed E-state index contributed by atoms with van der Waals surface area (Å²) in [5, 5.41) is 3.61. The van der Waals surface area contributed by atoms with Gasteiger partial charge in [-0.15, -0.1) is 0 Å². The molecule has 0 aliphatic heterocycles. The van der Waals surface area contributed by atoms with Gasteiger partial charge in [0.05, 0.1) is 6.61 Å². The van der Waals surface area contributed by atoms with Gasteiger partial charge >= 0.3 is 0 Å². The molecule has 78 valence electrons. The van der Waals surface area contributed by atoms with E-state index in [1.165, 1.54) is 32.1 Å². The number of rotatable bonds is 7. The molecule has 1 N–H and O–H groups in total. The van der Waals surface area contributed by atoms with Crippen LogP contribution in [0, 0.1) is 0 Å². The van der Waals surface area contributed by atoms with Crippen LogP contribution >= 0.6 is 12.2 Å². The summed E-state index contributed by atoms with van der Waals surface area (Å²) < 4.78 is 5.09. The number of unbranched alkanes of at least 4 members (excludes halogenated alkanes) is 4. The first-order valence-electron chi connectivity index (χ1n) is 5.21. The zero-order valence-corrected chi connectivity index (χ0v) is 9.58. The van der Waals surface area contributed by atoms with E-state index in [0.29, 0.717) is 11.8 Å². The molecule has 0 unspecified atom stereocenters. The molecule has 13 heavy (non-hydrogen) atoms. The van der Waals surface area contributed by atoms with E-state index in [9.17, 15) is 0 Å². The maximum atomic E-state index is 5.09. The van der Waals surface area contributed by atoms with Gasteiger partial charge in [0.2, 0.25) is 0 Å². The lowest BCUT2D eigenvalue weighted by atomic mass is 10.1. The molecule has 2 nitrogen and oxygen atoms in total. The third-order valence-corrected chi connectivity index (χ3v) is 2.09. The van der Waals surface area contributed by atoms with Gasteiger partial charge in [-0.2, -0.15) is 0 Å². The van der Waals surface area contributed by atoms with Crippen LogP contribution in [-0.2, 0) is 4.74 Å². The highest BCUT2D eigenvalue weighted by molar-refractivity contribution is 7.80. The predicted octanol–water partition coefficient (Wildman–Crippen LogP) is 2.87. The average molecular weight is 203 g/mol. The molecule has 0 rings (SSSR count). The van der Waals surface area contributed by atoms with Crippen LogP contribution in [0.1, 0.15) is 46.0 Å². The first kappa shape index (κ1) is 12.7. The van der Waals surface area contributed by atoms with Gasteiger partial charge in [0.15, 0.2) is 0 Å². The Morgan fingerprint density at radius 1 is 1.15 bits per heavy atom. The molecule has 0 bridgehead atoms. The molecule has 0 heterocycles. The molecule has 0 atom stereocenters. The molecule has 0 aliphatic carbocycles. The molecular formula is C10H21NOS. The Bertz CT molecular complexity index is 128. The Balaban J connectivity index is 3.02. The normalized spacial score (nSPS) is 9.69. The topological polar surface area (TPSA) is 21.3 Å². The zero-order valence-electron chi connectivity index (χ0n) is 8.77. The summed E-state index contributed by atoms with van der Waals surface area (Å²) in [7, 11) is 0. The van der Waals surface area contributed by atoms with Gasteiger partial charge in [-0.3, -0.25) is 0 Å². The number of hydrogen-bond donors (Lipinski definition) is 1. The van der Waals surface area contributed by atoms with Crippen molar-refractivity contribution in [3.8, 4) is 0 Å². The maximum absolute atomic E-state index is 5.09. The van der Waals surface area contributed by atoms with Gasteiger partial charge in [-0.25, -0.2) is 0 Å². The molecule has 0 aromatic heterocycles. The Labute approximate surface area is 87.0 Å². The minimum atomic E-state index is 0.540. The molecule has 0 aromatic carbocycles. The summed E-state index contributed by atoms with van der Waals surface area (Å²) in [5.74, 6) is 0. The van der Waals surface area contributed by atoms with E-state index < -0.39 is 0 Å². The van der Waals surface area contributed by atoms with Gasteiger partial charge in [0, 0.05) is 6.54 Å². The standard InChI is InChI=1S/C10H21NOS/c1-3-5-6-7-8-9-11-10(13)12-4-2/h3-9H2,1-2H3,(H,11,13).